The number of hydrogen-bond acceptors (Lipinski definition) is 0. The zero-order chi connectivity index (χ0) is 11.5. The summed E-state index contributed by atoms with van der Waals surface area (Å²) >= 11 is 11.9. The van der Waals surface area contributed by atoms with Gasteiger partial charge in [-0.05, 0) is 41.0 Å². The van der Waals surface area contributed by atoms with Crippen LogP contribution in [0.4, 0.5) is 0 Å². The molecule has 0 heterocycles. The second-order valence-corrected chi connectivity index (χ2v) is 4.37. The highest BCUT2D eigenvalue weighted by molar-refractivity contribution is 6.31. The largest absolute Gasteiger partial charge is 0.0906 e. The summed E-state index contributed by atoms with van der Waals surface area (Å²) in [7, 11) is 0. The van der Waals surface area contributed by atoms with E-state index in [1.807, 2.05) is 48.5 Å². The fraction of sp³-hybridized carbons (Fsp3) is 0. The molecule has 0 nitrogen and oxygen atoms in total. The Balaban J connectivity index is 2.39. The molecule has 2 rings (SSSR count). The predicted octanol–water partition coefficient (Wildman–Crippen LogP) is 5.05. The van der Waals surface area contributed by atoms with E-state index in [4.69, 9.17) is 23.2 Å². The molecule has 0 N–H and O–H groups in total. The maximum Gasteiger partial charge on any atom is 0.0412 e. The average molecular weight is 249 g/mol. The second kappa shape index (κ2) is 4.73. The van der Waals surface area contributed by atoms with Crippen molar-refractivity contribution < 1.29 is 0 Å². The van der Waals surface area contributed by atoms with Gasteiger partial charge in [-0.2, -0.15) is 0 Å². The molecule has 0 spiro atoms. The van der Waals surface area contributed by atoms with Crippen molar-refractivity contribution in [2.45, 2.75) is 0 Å². The van der Waals surface area contributed by atoms with E-state index >= 15 is 0 Å². The van der Waals surface area contributed by atoms with Gasteiger partial charge in [-0.15, -0.1) is 0 Å². The van der Waals surface area contributed by atoms with E-state index in [9.17, 15) is 0 Å². The quantitative estimate of drug-likeness (QED) is 0.698. The second-order valence-electron chi connectivity index (χ2n) is 3.50. The van der Waals surface area contributed by atoms with E-state index in [1.54, 1.807) is 0 Å². The van der Waals surface area contributed by atoms with Crippen LogP contribution >= 0.6 is 23.2 Å². The maximum absolute atomic E-state index is 5.94. The molecule has 0 radical (unpaired) electrons. The Morgan fingerprint density at radius 1 is 0.812 bits per heavy atom. The molecule has 0 saturated carbocycles. The Kier molecular flexibility index (Phi) is 3.33. The van der Waals surface area contributed by atoms with Gasteiger partial charge in [0.2, 0.25) is 0 Å². The minimum atomic E-state index is 0.709. The Hall–Kier alpha value is -1.24. The van der Waals surface area contributed by atoms with Crippen molar-refractivity contribution in [3.63, 3.8) is 0 Å². The van der Waals surface area contributed by atoms with E-state index in [0.29, 0.717) is 10.0 Å². The molecule has 80 valence electrons. The molecule has 0 unspecified atom stereocenters. The lowest BCUT2D eigenvalue weighted by molar-refractivity contribution is 1.56. The molecule has 0 fully saturated rings. The summed E-state index contributed by atoms with van der Waals surface area (Å²) in [4.78, 5) is 0. The highest BCUT2D eigenvalue weighted by Crippen LogP contribution is 2.25. The first-order valence-electron chi connectivity index (χ1n) is 4.87. The average Bonchev–Trinajstić information content (AvgIpc) is 2.28. The van der Waals surface area contributed by atoms with E-state index < -0.39 is 0 Å². The van der Waals surface area contributed by atoms with Crippen LogP contribution in [0.25, 0.3) is 5.57 Å². The van der Waals surface area contributed by atoms with Gasteiger partial charge < -0.3 is 0 Å². The first kappa shape index (κ1) is 11.3. The Labute approximate surface area is 105 Å². The molecular weight excluding hydrogens is 239 g/mol. The molecule has 0 aromatic heterocycles. The molecule has 0 aliphatic heterocycles. The highest BCUT2D eigenvalue weighted by atomic mass is 35.5. The Morgan fingerprint density at radius 3 is 1.62 bits per heavy atom. The van der Waals surface area contributed by atoms with Crippen LogP contribution in [-0.2, 0) is 0 Å². The monoisotopic (exact) mass is 248 g/mol. The topological polar surface area (TPSA) is 0 Å². The van der Waals surface area contributed by atoms with Crippen LogP contribution in [-0.4, -0.2) is 0 Å². The normalized spacial score (nSPS) is 10.1. The van der Waals surface area contributed by atoms with Gasteiger partial charge in [0, 0.05) is 10.0 Å². The van der Waals surface area contributed by atoms with Crippen LogP contribution in [0.1, 0.15) is 11.1 Å². The summed E-state index contributed by atoms with van der Waals surface area (Å²) in [5.41, 5.74) is 2.94. The van der Waals surface area contributed by atoms with Crippen molar-refractivity contribution in [1.29, 1.82) is 0 Å². The number of benzene rings is 2. The van der Waals surface area contributed by atoms with Crippen molar-refractivity contribution in [2.24, 2.45) is 0 Å². The van der Waals surface area contributed by atoms with Crippen molar-refractivity contribution >= 4 is 28.8 Å². The van der Waals surface area contributed by atoms with E-state index in [2.05, 4.69) is 6.58 Å². The number of halogens is 2. The molecule has 2 aromatic rings. The van der Waals surface area contributed by atoms with Gasteiger partial charge in [-0.25, -0.2) is 0 Å². The van der Waals surface area contributed by atoms with E-state index in [0.717, 1.165) is 16.7 Å². The summed E-state index contributed by atoms with van der Waals surface area (Å²) in [6.45, 7) is 4.06. The fourth-order valence-corrected chi connectivity index (χ4v) is 1.90. The van der Waals surface area contributed by atoms with Crippen molar-refractivity contribution in [3.05, 3.63) is 76.3 Å². The third-order valence-corrected chi connectivity index (χ3v) is 2.82. The van der Waals surface area contributed by atoms with Gasteiger partial charge in [0.15, 0.2) is 0 Å². The summed E-state index contributed by atoms with van der Waals surface area (Å²) in [5.74, 6) is 0. The predicted molar refractivity (Wildman–Crippen MR) is 71.0 cm³/mol. The van der Waals surface area contributed by atoms with Crippen LogP contribution in [0.5, 0.6) is 0 Å². The Bertz CT molecular complexity index is 482. The molecule has 0 bridgehead atoms. The molecular formula is C14H10Cl2. The standard InChI is InChI=1S/C14H10Cl2/c1-10(11-4-2-6-13(15)8-11)12-5-3-7-14(16)9-12/h2-9H,1H2. The maximum atomic E-state index is 5.94. The summed E-state index contributed by atoms with van der Waals surface area (Å²) in [5, 5.41) is 1.42. The summed E-state index contributed by atoms with van der Waals surface area (Å²) in [6.07, 6.45) is 0. The lowest BCUT2D eigenvalue weighted by Gasteiger charge is -2.06. The van der Waals surface area contributed by atoms with Gasteiger partial charge in [0.1, 0.15) is 0 Å². The minimum absolute atomic E-state index is 0.709. The molecule has 0 aliphatic carbocycles. The number of hydrogen-bond donors (Lipinski definition) is 0. The van der Waals surface area contributed by atoms with E-state index in [-0.39, 0.29) is 0 Å². The SMILES string of the molecule is C=C(c1cccc(Cl)c1)c1cccc(Cl)c1. The summed E-state index contributed by atoms with van der Waals surface area (Å²) in [6, 6.07) is 15.3. The first-order valence-corrected chi connectivity index (χ1v) is 5.63. The first-order chi connectivity index (χ1) is 7.66. The molecule has 0 atom stereocenters. The zero-order valence-electron chi connectivity index (χ0n) is 8.58. The smallest absolute Gasteiger partial charge is 0.0412 e. The van der Waals surface area contributed by atoms with Crippen LogP contribution in [0, 0.1) is 0 Å². The van der Waals surface area contributed by atoms with Gasteiger partial charge in [-0.3, -0.25) is 0 Å². The van der Waals surface area contributed by atoms with Crippen LogP contribution < -0.4 is 0 Å². The molecule has 2 aromatic carbocycles. The van der Waals surface area contributed by atoms with Gasteiger partial charge in [-0.1, -0.05) is 54.0 Å². The highest BCUT2D eigenvalue weighted by Gasteiger charge is 2.03. The molecule has 0 amide bonds. The Morgan fingerprint density at radius 2 is 1.25 bits per heavy atom. The van der Waals surface area contributed by atoms with Crippen LogP contribution in [0.3, 0.4) is 0 Å². The van der Waals surface area contributed by atoms with Crippen molar-refractivity contribution in [3.8, 4) is 0 Å². The zero-order valence-corrected chi connectivity index (χ0v) is 10.1. The third kappa shape index (κ3) is 2.46. The third-order valence-electron chi connectivity index (χ3n) is 2.35. The van der Waals surface area contributed by atoms with Gasteiger partial charge in [0.25, 0.3) is 0 Å². The van der Waals surface area contributed by atoms with Crippen LogP contribution in [0.15, 0.2) is 55.1 Å². The van der Waals surface area contributed by atoms with Crippen molar-refractivity contribution in [1.82, 2.24) is 0 Å². The number of rotatable bonds is 2. The van der Waals surface area contributed by atoms with Gasteiger partial charge >= 0.3 is 0 Å². The molecule has 0 aliphatic rings. The van der Waals surface area contributed by atoms with E-state index in [1.165, 1.54) is 0 Å². The fourth-order valence-electron chi connectivity index (χ4n) is 1.52. The molecule has 0 saturated heterocycles. The molecule has 16 heavy (non-hydrogen) atoms. The minimum Gasteiger partial charge on any atom is -0.0906 e. The van der Waals surface area contributed by atoms with Crippen LogP contribution in [0.2, 0.25) is 10.0 Å². The molecule has 2 heteroatoms. The van der Waals surface area contributed by atoms with Crippen molar-refractivity contribution in [2.75, 3.05) is 0 Å². The lowest BCUT2D eigenvalue weighted by atomic mass is 10.00. The summed E-state index contributed by atoms with van der Waals surface area (Å²) < 4.78 is 0. The lowest BCUT2D eigenvalue weighted by Crippen LogP contribution is -1.85. The van der Waals surface area contributed by atoms with Gasteiger partial charge in [0.05, 0.1) is 0 Å².